The fraction of sp³-hybridized carbons (Fsp3) is 0.553. The number of carboxylic acids is 3. The number of hydrogen-bond donors (Lipinski definition) is 19. The van der Waals surface area contributed by atoms with Gasteiger partial charge in [0.1, 0.15) is 24.2 Å². The van der Waals surface area contributed by atoms with Crippen LogP contribution in [0.15, 0.2) is 96.5 Å². The third-order valence-corrected chi connectivity index (χ3v) is 17.7. The van der Waals surface area contributed by atoms with Crippen LogP contribution in [0.1, 0.15) is 246 Å². The maximum Gasteiger partial charge on any atom is 0.328 e. The molecule has 41 heteroatoms. The zero-order valence-corrected chi connectivity index (χ0v) is 67.8. The monoisotopic (exact) mass is 1640 g/mol. The SMILES string of the molecule is CCCC[C@@H](C)c1cn([C@@H](CCCNC(N)=O)C(=O)Nc2ccc(CO)cc2)nn1.CCCC[C@H](C)c1cn([C@@H](CCCNC(N)=O)C(=O)Nc2ccc(CO)cc2)nn1.CCCC[C@H](C)c1cn([C@@H](CCCNC(N)=O)C(=O)O)nn1.NC(=O)NCCC[C@H](N)C(=O)O.Nc1ccc(CO)cc1.[N-]=[N+]=N[C@@H](CCCCC(N)=O)C(=O)O. The largest absolute Gasteiger partial charge is 0.481 e. The van der Waals surface area contributed by atoms with Crippen LogP contribution >= 0.6 is 0 Å². The van der Waals surface area contributed by atoms with Gasteiger partial charge in [0.2, 0.25) is 17.7 Å². The first kappa shape index (κ1) is 103. The summed E-state index contributed by atoms with van der Waals surface area (Å²) in [5.74, 6) is -3.20. The minimum Gasteiger partial charge on any atom is -0.481 e. The zero-order valence-electron chi connectivity index (χ0n) is 67.8. The highest BCUT2D eigenvalue weighted by Gasteiger charge is 2.27. The van der Waals surface area contributed by atoms with Crippen molar-refractivity contribution in [2.75, 3.05) is 42.5 Å². The van der Waals surface area contributed by atoms with Gasteiger partial charge in [0, 0.05) is 90.9 Å². The van der Waals surface area contributed by atoms with Crippen LogP contribution in [0.5, 0.6) is 0 Å². The molecule has 0 radical (unpaired) electrons. The number of anilines is 3. The lowest BCUT2D eigenvalue weighted by Crippen LogP contribution is -2.33. The molecule has 0 aliphatic heterocycles. The highest BCUT2D eigenvalue weighted by atomic mass is 16.4. The number of urea groups is 4. The number of nitrogens with zero attached hydrogens (tertiary/aromatic N) is 12. The summed E-state index contributed by atoms with van der Waals surface area (Å²) in [7, 11) is 0. The number of carboxylic acid groups (broad SMARTS) is 3. The van der Waals surface area contributed by atoms with Gasteiger partial charge in [0.05, 0.1) is 36.9 Å². The number of hydrogen-bond acceptors (Lipinski definition) is 22. The fourth-order valence-electron chi connectivity index (χ4n) is 10.7. The third kappa shape index (κ3) is 46.2. The van der Waals surface area contributed by atoms with Gasteiger partial charge in [-0.2, -0.15) is 0 Å². The van der Waals surface area contributed by atoms with E-state index < -0.39 is 78.1 Å². The maximum absolute atomic E-state index is 13.0. The molecule has 3 aromatic heterocycles. The van der Waals surface area contributed by atoms with E-state index in [0.29, 0.717) is 102 Å². The summed E-state index contributed by atoms with van der Waals surface area (Å²) in [6.07, 6.45) is 20.3. The summed E-state index contributed by atoms with van der Waals surface area (Å²) in [5.41, 5.74) is 50.4. The molecule has 6 rings (SSSR count). The number of nitrogens with two attached hydrogens (primary N) is 7. The van der Waals surface area contributed by atoms with Crippen molar-refractivity contribution in [2.45, 2.75) is 244 Å². The first-order valence-corrected chi connectivity index (χ1v) is 38.9. The predicted octanol–water partition coefficient (Wildman–Crippen LogP) is 7.43. The van der Waals surface area contributed by atoms with E-state index in [2.05, 4.69) is 114 Å². The van der Waals surface area contributed by atoms with Crippen LogP contribution < -0.4 is 72.0 Å². The Morgan fingerprint density at radius 1 is 0.436 bits per heavy atom. The minimum atomic E-state index is -1.15. The van der Waals surface area contributed by atoms with Crippen molar-refractivity contribution in [2.24, 2.45) is 39.5 Å². The minimum absolute atomic E-state index is 0.0539. The maximum atomic E-state index is 13.0. The summed E-state index contributed by atoms with van der Waals surface area (Å²) >= 11 is 0. The molecule has 0 aliphatic carbocycles. The molecule has 0 unspecified atom stereocenters. The number of azide groups is 1. The van der Waals surface area contributed by atoms with E-state index in [1.807, 2.05) is 12.4 Å². The molecular formula is C76H123N25O16. The summed E-state index contributed by atoms with van der Waals surface area (Å²) in [6.45, 7) is 14.1. The number of nitrogens with one attached hydrogen (secondary N) is 6. The van der Waals surface area contributed by atoms with Crippen LogP contribution in [0.25, 0.3) is 10.4 Å². The molecule has 117 heavy (non-hydrogen) atoms. The smallest absolute Gasteiger partial charge is 0.328 e. The Hall–Kier alpha value is -12.1. The second kappa shape index (κ2) is 60.5. The molecule has 8 atom stereocenters. The van der Waals surface area contributed by atoms with Crippen molar-refractivity contribution in [3.05, 3.63) is 136 Å². The lowest BCUT2D eigenvalue weighted by molar-refractivity contribution is -0.142. The highest BCUT2D eigenvalue weighted by molar-refractivity contribution is 5.94. The van der Waals surface area contributed by atoms with Crippen molar-refractivity contribution in [3.63, 3.8) is 0 Å². The number of unbranched alkanes of at least 4 members (excludes halogenated alkanes) is 4. The average Bonchev–Trinajstić information content (AvgIpc) is 1.74. The van der Waals surface area contributed by atoms with Gasteiger partial charge in [-0.1, -0.05) is 144 Å². The van der Waals surface area contributed by atoms with Crippen LogP contribution in [0.2, 0.25) is 0 Å². The van der Waals surface area contributed by atoms with Gasteiger partial charge < -0.3 is 103 Å². The number of aliphatic hydroxyl groups is 3. The Labute approximate surface area is 680 Å². The summed E-state index contributed by atoms with van der Waals surface area (Å²) < 4.78 is 4.59. The number of amides is 11. The lowest BCUT2D eigenvalue weighted by atomic mass is 10.0. The number of aliphatic carboxylic acids is 3. The lowest BCUT2D eigenvalue weighted by Gasteiger charge is -2.17. The van der Waals surface area contributed by atoms with Gasteiger partial charge in [-0.15, -0.1) is 15.3 Å². The molecule has 0 saturated carbocycles. The van der Waals surface area contributed by atoms with E-state index in [1.165, 1.54) is 4.68 Å². The van der Waals surface area contributed by atoms with Gasteiger partial charge in [0.25, 0.3) is 0 Å². The number of nitrogen functional groups attached to an aromatic ring is 1. The van der Waals surface area contributed by atoms with Crippen LogP contribution in [-0.2, 0) is 48.6 Å². The Balaban J connectivity index is 0.000000736. The van der Waals surface area contributed by atoms with Crippen molar-refractivity contribution in [1.82, 2.24) is 66.2 Å². The molecule has 3 aromatic carbocycles. The van der Waals surface area contributed by atoms with Crippen LogP contribution in [0.3, 0.4) is 0 Å². The first-order chi connectivity index (χ1) is 55.8. The number of carbonyl (C=O) groups excluding carboxylic acids is 7. The van der Waals surface area contributed by atoms with Gasteiger partial charge in [-0.25, -0.2) is 38.0 Å². The van der Waals surface area contributed by atoms with E-state index in [1.54, 1.807) is 88.4 Å². The normalized spacial score (nSPS) is 12.5. The number of aromatic nitrogens is 9. The Morgan fingerprint density at radius 3 is 1.05 bits per heavy atom. The van der Waals surface area contributed by atoms with Crippen molar-refractivity contribution < 1.29 is 78.6 Å². The zero-order chi connectivity index (χ0) is 87.6. The Kier molecular flexibility index (Phi) is 53.2. The van der Waals surface area contributed by atoms with Crippen molar-refractivity contribution in [1.29, 1.82) is 0 Å². The van der Waals surface area contributed by atoms with Gasteiger partial charge in [-0.3, -0.25) is 24.0 Å². The van der Waals surface area contributed by atoms with E-state index in [0.717, 1.165) is 97.2 Å². The standard InChI is InChI=1S/2C21H32N6O3.C14H25N5O3.C7H12N4O3.C7H9NO.C6H13N3O3/c2*1-3-4-6-15(2)18-13-27(26-25-18)19(7-5-12-23-21(22)30)20(29)24-17-10-8-16(14-28)9-11-17;1-3-4-6-10(2)11-9-19(18-17-11)12(13(20)21)7-5-8-16-14(15)22;8-6(12)4-2-1-3-5(7(13)14)10-11-9;8-7-3-1-6(5-9)2-4-7;7-4(5(10)11)2-1-3-9-6(8)12/h2*8-11,13,15,19,28H,3-7,12,14H2,1-2H3,(H,24,29)(H3,22,23,30);9-10,12H,3-8H2,1-2H3,(H,20,21)(H3,15,16,22);5H,1-4H2,(H2,8,12)(H,13,14);1-4,9H,5,8H2;4H,1-3,7H2,(H,10,11)(H3,8,9,12)/t15-,19+;15-,19-;10-,12-;5-;;4-/m1000.0/s1. The molecule has 26 N–H and O–H groups in total. The van der Waals surface area contributed by atoms with Crippen molar-refractivity contribution >= 4 is 76.8 Å². The number of carbonyl (C=O) groups is 10. The topological polar surface area (TPSA) is 687 Å². The molecular weight excluding hydrogens is 1520 g/mol. The second-order valence-electron chi connectivity index (χ2n) is 27.4. The van der Waals surface area contributed by atoms with Gasteiger partial charge in [-0.05, 0) is 142 Å². The number of rotatable bonds is 47. The van der Waals surface area contributed by atoms with Gasteiger partial charge >= 0.3 is 42.0 Å². The predicted molar refractivity (Wildman–Crippen MR) is 439 cm³/mol. The number of benzene rings is 3. The molecule has 11 amide bonds. The van der Waals surface area contributed by atoms with E-state index >= 15 is 0 Å². The Bertz CT molecular complexity index is 3780. The third-order valence-electron chi connectivity index (χ3n) is 17.7. The quantitative estimate of drug-likeness (QED) is 0.00580. The molecule has 0 fully saturated rings. The second-order valence-corrected chi connectivity index (χ2v) is 27.4. The molecule has 0 spiro atoms. The molecule has 41 nitrogen and oxygen atoms in total. The first-order valence-electron chi connectivity index (χ1n) is 38.9. The van der Waals surface area contributed by atoms with Crippen LogP contribution in [-0.4, -0.2) is 174 Å². The summed E-state index contributed by atoms with van der Waals surface area (Å²) in [5, 5.41) is 96.9. The van der Waals surface area contributed by atoms with Crippen molar-refractivity contribution in [3.8, 4) is 0 Å². The molecule has 648 valence electrons. The fourth-order valence-corrected chi connectivity index (χ4v) is 10.7. The molecule has 0 bridgehead atoms. The van der Waals surface area contributed by atoms with E-state index in [-0.39, 0.29) is 62.2 Å². The summed E-state index contributed by atoms with van der Waals surface area (Å²) in [4.78, 5) is 113. The van der Waals surface area contributed by atoms with Gasteiger partial charge in [0.15, 0.2) is 6.04 Å². The molecule has 0 saturated heterocycles. The molecule has 0 aliphatic rings. The molecule has 3 heterocycles. The highest BCUT2D eigenvalue weighted by Crippen LogP contribution is 2.26. The average molecular weight is 1640 g/mol. The van der Waals surface area contributed by atoms with E-state index in [4.69, 9.17) is 71.2 Å². The van der Waals surface area contributed by atoms with Crippen LogP contribution in [0, 0.1) is 0 Å². The molecule has 6 aromatic rings. The van der Waals surface area contributed by atoms with E-state index in [9.17, 15) is 53.1 Å². The Morgan fingerprint density at radius 2 is 0.761 bits per heavy atom. The van der Waals surface area contributed by atoms with Crippen LogP contribution in [0.4, 0.5) is 36.2 Å². The number of aliphatic hydroxyl groups excluding tert-OH is 3. The summed E-state index contributed by atoms with van der Waals surface area (Å²) in [6, 6.07) is 14.9. The number of primary amides is 5.